The lowest BCUT2D eigenvalue weighted by molar-refractivity contribution is 0.0566. The number of carbonyl (C=O) groups excluding carboxylic acids is 1. The van der Waals surface area contributed by atoms with E-state index in [4.69, 9.17) is 14.5 Å². The van der Waals surface area contributed by atoms with Crippen LogP contribution in [0.25, 0.3) is 39.1 Å². The van der Waals surface area contributed by atoms with Gasteiger partial charge in [-0.2, -0.15) is 9.61 Å². The monoisotopic (exact) mass is 598 g/mol. The number of anilines is 1. The summed E-state index contributed by atoms with van der Waals surface area (Å²) in [6, 6.07) is 30.4. The molecular weight excluding hydrogens is 564 g/mol. The van der Waals surface area contributed by atoms with E-state index in [0.717, 1.165) is 77.2 Å². The maximum absolute atomic E-state index is 12.5. The van der Waals surface area contributed by atoms with Crippen LogP contribution in [0.15, 0.2) is 97.2 Å². The van der Waals surface area contributed by atoms with E-state index in [1.165, 1.54) is 5.56 Å². The summed E-state index contributed by atoms with van der Waals surface area (Å²) in [5.74, 6) is 0.602. The lowest BCUT2D eigenvalue weighted by atomic mass is 9.97. The summed E-state index contributed by atoms with van der Waals surface area (Å²) < 4.78 is 12.9. The number of hydrogen-bond donors (Lipinski definition) is 1. The van der Waals surface area contributed by atoms with Gasteiger partial charge in [-0.25, -0.2) is 14.8 Å². The van der Waals surface area contributed by atoms with E-state index in [-0.39, 0.29) is 6.10 Å². The fourth-order valence-electron chi connectivity index (χ4n) is 5.96. The first-order valence-electron chi connectivity index (χ1n) is 15.2. The minimum atomic E-state index is -0.453. The van der Waals surface area contributed by atoms with Gasteiger partial charge in [0.15, 0.2) is 11.3 Å². The van der Waals surface area contributed by atoms with Crippen LogP contribution in [0.3, 0.4) is 0 Å². The Balaban J connectivity index is 1.05. The molecule has 0 spiro atoms. The van der Waals surface area contributed by atoms with Crippen molar-refractivity contribution in [2.45, 2.75) is 32.4 Å². The summed E-state index contributed by atoms with van der Waals surface area (Å²) in [6.45, 7) is 4.50. The quantitative estimate of drug-likeness (QED) is 0.209. The van der Waals surface area contributed by atoms with Crippen LogP contribution in [0.2, 0.25) is 0 Å². The van der Waals surface area contributed by atoms with Crippen molar-refractivity contribution in [2.75, 3.05) is 25.5 Å². The molecule has 0 saturated carbocycles. The van der Waals surface area contributed by atoms with Crippen LogP contribution in [-0.4, -0.2) is 56.9 Å². The lowest BCUT2D eigenvalue weighted by Gasteiger charge is -2.31. The number of amides is 1. The number of piperidine rings is 1. The number of pyridine rings is 1. The van der Waals surface area contributed by atoms with Gasteiger partial charge in [0.2, 0.25) is 0 Å². The van der Waals surface area contributed by atoms with Crippen LogP contribution in [0.4, 0.5) is 10.5 Å². The Morgan fingerprint density at radius 2 is 1.69 bits per heavy atom. The van der Waals surface area contributed by atoms with Crippen LogP contribution >= 0.6 is 0 Å². The van der Waals surface area contributed by atoms with Crippen molar-refractivity contribution in [3.05, 3.63) is 108 Å². The average molecular weight is 599 g/mol. The maximum Gasteiger partial charge on any atom is 0.412 e. The minimum Gasteiger partial charge on any atom is -0.495 e. The molecule has 7 rings (SSSR count). The summed E-state index contributed by atoms with van der Waals surface area (Å²) in [5, 5.41) is 8.39. The van der Waals surface area contributed by atoms with E-state index in [1.807, 2.05) is 54.0 Å². The molecule has 45 heavy (non-hydrogen) atoms. The predicted octanol–water partition coefficient (Wildman–Crippen LogP) is 7.14. The van der Waals surface area contributed by atoms with Crippen molar-refractivity contribution in [3.8, 4) is 28.1 Å². The number of methoxy groups -OCH3 is 1. The first kappa shape index (κ1) is 28.5. The van der Waals surface area contributed by atoms with Gasteiger partial charge in [0.1, 0.15) is 11.9 Å². The smallest absolute Gasteiger partial charge is 0.412 e. The van der Waals surface area contributed by atoms with E-state index in [9.17, 15) is 4.79 Å². The summed E-state index contributed by atoms with van der Waals surface area (Å²) in [6.07, 6.45) is 2.88. The number of aryl methyl sites for hydroxylation is 1. The zero-order valence-corrected chi connectivity index (χ0v) is 25.3. The number of nitrogens with zero attached hydrogens (tertiary/aromatic N) is 5. The van der Waals surface area contributed by atoms with Gasteiger partial charge in [0.25, 0.3) is 0 Å². The van der Waals surface area contributed by atoms with Gasteiger partial charge in [-0.15, -0.1) is 0 Å². The number of para-hydroxylation sites is 2. The van der Waals surface area contributed by atoms with Crippen LogP contribution in [-0.2, 0) is 11.3 Å². The van der Waals surface area contributed by atoms with Gasteiger partial charge in [0.05, 0.1) is 24.2 Å². The molecule has 3 aromatic heterocycles. The van der Waals surface area contributed by atoms with Gasteiger partial charge >= 0.3 is 6.09 Å². The maximum atomic E-state index is 12.5. The van der Waals surface area contributed by atoms with Gasteiger partial charge in [-0.1, -0.05) is 66.7 Å². The molecule has 1 saturated heterocycles. The molecule has 1 fully saturated rings. The van der Waals surface area contributed by atoms with E-state index in [1.54, 1.807) is 19.2 Å². The number of ether oxygens (including phenoxy) is 2. The van der Waals surface area contributed by atoms with Gasteiger partial charge in [-0.05, 0) is 49.1 Å². The summed E-state index contributed by atoms with van der Waals surface area (Å²) in [7, 11) is 1.58. The molecule has 0 aliphatic carbocycles. The zero-order valence-electron chi connectivity index (χ0n) is 25.3. The average Bonchev–Trinajstić information content (AvgIpc) is 3.47. The molecule has 6 aromatic rings. The molecule has 1 aliphatic rings. The predicted molar refractivity (Wildman–Crippen MR) is 175 cm³/mol. The molecule has 1 amide bonds. The molecule has 0 unspecified atom stereocenters. The fourth-order valence-corrected chi connectivity index (χ4v) is 5.96. The Morgan fingerprint density at radius 3 is 2.47 bits per heavy atom. The zero-order chi connectivity index (χ0) is 30.8. The van der Waals surface area contributed by atoms with Crippen molar-refractivity contribution in [3.63, 3.8) is 0 Å². The Kier molecular flexibility index (Phi) is 7.83. The SMILES string of the molecule is COc1ccccc1NC(=O)OC1CCN(Cc2ccc(-c3nc4c(cnc5cc(C)nn54)cc3-c3ccccc3)cc2)CC1. The highest BCUT2D eigenvalue weighted by Gasteiger charge is 2.23. The van der Waals surface area contributed by atoms with Gasteiger partial charge in [0, 0.05) is 48.4 Å². The first-order chi connectivity index (χ1) is 22.0. The van der Waals surface area contributed by atoms with Gasteiger partial charge < -0.3 is 9.47 Å². The number of aromatic nitrogens is 4. The van der Waals surface area contributed by atoms with Crippen molar-refractivity contribution in [1.82, 2.24) is 24.5 Å². The number of fused-ring (bicyclic) bond motifs is 3. The number of benzene rings is 3. The normalized spacial score (nSPS) is 14.1. The van der Waals surface area contributed by atoms with Crippen LogP contribution < -0.4 is 10.1 Å². The highest BCUT2D eigenvalue weighted by molar-refractivity contribution is 5.90. The van der Waals surface area contributed by atoms with Crippen molar-refractivity contribution in [2.24, 2.45) is 0 Å². The second-order valence-electron chi connectivity index (χ2n) is 11.4. The third kappa shape index (κ3) is 6.07. The van der Waals surface area contributed by atoms with E-state index < -0.39 is 6.09 Å². The molecule has 0 atom stereocenters. The summed E-state index contributed by atoms with van der Waals surface area (Å²) in [5.41, 5.74) is 8.40. The van der Waals surface area contributed by atoms with Crippen molar-refractivity contribution < 1.29 is 14.3 Å². The Labute approximate surface area is 261 Å². The topological polar surface area (TPSA) is 93.9 Å². The third-order valence-corrected chi connectivity index (χ3v) is 8.25. The highest BCUT2D eigenvalue weighted by Crippen LogP contribution is 2.34. The molecule has 9 nitrogen and oxygen atoms in total. The molecule has 1 N–H and O–H groups in total. The number of likely N-dealkylation sites (tertiary alicyclic amines) is 1. The minimum absolute atomic E-state index is 0.117. The lowest BCUT2D eigenvalue weighted by Crippen LogP contribution is -2.38. The molecule has 3 aromatic carbocycles. The van der Waals surface area contributed by atoms with Crippen molar-refractivity contribution >= 4 is 28.5 Å². The second-order valence-corrected chi connectivity index (χ2v) is 11.4. The second kappa shape index (κ2) is 12.4. The fraction of sp³-hybridized carbons (Fsp3) is 0.222. The highest BCUT2D eigenvalue weighted by atomic mass is 16.6. The Hall–Kier alpha value is -5.28. The van der Waals surface area contributed by atoms with Crippen molar-refractivity contribution in [1.29, 1.82) is 0 Å². The van der Waals surface area contributed by atoms with Gasteiger partial charge in [-0.3, -0.25) is 10.2 Å². The van der Waals surface area contributed by atoms with E-state index >= 15 is 0 Å². The van der Waals surface area contributed by atoms with Crippen LogP contribution in [0.1, 0.15) is 24.1 Å². The first-order valence-corrected chi connectivity index (χ1v) is 15.2. The molecule has 1 aliphatic heterocycles. The number of rotatable bonds is 7. The largest absolute Gasteiger partial charge is 0.495 e. The number of nitrogens with one attached hydrogen (secondary N) is 1. The summed E-state index contributed by atoms with van der Waals surface area (Å²) >= 11 is 0. The van der Waals surface area contributed by atoms with E-state index in [0.29, 0.717) is 11.4 Å². The van der Waals surface area contributed by atoms with Crippen LogP contribution in [0, 0.1) is 6.92 Å². The summed E-state index contributed by atoms with van der Waals surface area (Å²) in [4.78, 5) is 24.7. The van der Waals surface area contributed by atoms with E-state index in [2.05, 4.69) is 62.8 Å². The van der Waals surface area contributed by atoms with Crippen LogP contribution in [0.5, 0.6) is 5.75 Å². The molecule has 226 valence electrons. The number of carbonyl (C=O) groups is 1. The molecule has 9 heteroatoms. The molecular formula is C36H34N6O3. The standard InChI is InChI=1S/C36H34N6O3/c1-24-20-33-37-22-28-21-30(26-8-4-3-5-9-26)34(39-35(28)42(33)40-24)27-14-12-25(13-15-27)23-41-18-16-29(17-19-41)45-36(43)38-31-10-6-7-11-32(31)44-2/h3-15,20-22,29H,16-19,23H2,1-2H3,(H,38,43). The third-order valence-electron chi connectivity index (χ3n) is 8.25. The molecule has 4 heterocycles. The molecule has 0 bridgehead atoms. The Bertz CT molecular complexity index is 1970. The Morgan fingerprint density at radius 1 is 0.933 bits per heavy atom. The molecule has 0 radical (unpaired) electrons. The number of hydrogen-bond acceptors (Lipinski definition) is 7.